The second-order valence-corrected chi connectivity index (χ2v) is 5.10. The largest absolute Gasteiger partial charge is 0.406 e. The van der Waals surface area contributed by atoms with Crippen LogP contribution in [-0.4, -0.2) is 16.7 Å². The van der Waals surface area contributed by atoms with Crippen molar-refractivity contribution in [2.45, 2.75) is 32.7 Å². The van der Waals surface area contributed by atoms with Crippen LogP contribution in [0, 0.1) is 6.92 Å². The van der Waals surface area contributed by atoms with Crippen molar-refractivity contribution < 1.29 is 4.42 Å². The molecule has 0 bridgehead atoms. The van der Waals surface area contributed by atoms with Crippen LogP contribution in [0.3, 0.4) is 0 Å². The zero-order valence-corrected chi connectivity index (χ0v) is 11.3. The van der Waals surface area contributed by atoms with E-state index in [2.05, 4.69) is 40.2 Å². The summed E-state index contributed by atoms with van der Waals surface area (Å²) in [5, 5.41) is 8.11. The second-order valence-electron chi connectivity index (χ2n) is 5.10. The van der Waals surface area contributed by atoms with E-state index in [1.807, 2.05) is 6.92 Å². The third-order valence-electron chi connectivity index (χ3n) is 3.40. The van der Waals surface area contributed by atoms with Gasteiger partial charge in [-0.25, -0.2) is 0 Å². The van der Waals surface area contributed by atoms with Gasteiger partial charge in [0.05, 0.1) is 6.04 Å². The third-order valence-corrected chi connectivity index (χ3v) is 3.40. The van der Waals surface area contributed by atoms with Gasteiger partial charge in [0.1, 0.15) is 0 Å². The Kier molecular flexibility index (Phi) is 2.98. The minimum atomic E-state index is -0.233. The first-order valence-electron chi connectivity index (χ1n) is 6.61. The minimum Gasteiger partial charge on any atom is -0.406 e. The lowest BCUT2D eigenvalue weighted by Gasteiger charge is -2.27. The van der Waals surface area contributed by atoms with Gasteiger partial charge in [0.2, 0.25) is 5.89 Å². The van der Waals surface area contributed by atoms with E-state index in [0.717, 1.165) is 25.1 Å². The highest BCUT2D eigenvalue weighted by molar-refractivity contribution is 5.63. The summed E-state index contributed by atoms with van der Waals surface area (Å²) < 4.78 is 5.65. The Hall–Kier alpha value is -1.88. The van der Waals surface area contributed by atoms with Crippen LogP contribution >= 0.6 is 0 Å². The first-order chi connectivity index (χ1) is 9.15. The number of aryl methyl sites for hydroxylation is 2. The molecule has 1 aliphatic rings. The first-order valence-corrected chi connectivity index (χ1v) is 6.61. The van der Waals surface area contributed by atoms with Gasteiger partial charge < -0.3 is 10.2 Å². The summed E-state index contributed by atoms with van der Waals surface area (Å²) in [7, 11) is 0. The molecular weight excluding hydrogens is 240 g/mol. The molecule has 5 nitrogen and oxygen atoms in total. The maximum Gasteiger partial charge on any atom is 0.322 e. The minimum absolute atomic E-state index is 0.233. The van der Waals surface area contributed by atoms with Crippen molar-refractivity contribution >= 4 is 11.7 Å². The van der Waals surface area contributed by atoms with E-state index < -0.39 is 0 Å². The molecule has 1 unspecified atom stereocenters. The Labute approximate surface area is 112 Å². The number of rotatable bonds is 2. The van der Waals surface area contributed by atoms with Gasteiger partial charge in [-0.1, -0.05) is 22.8 Å². The predicted octanol–water partition coefficient (Wildman–Crippen LogP) is 2.48. The van der Waals surface area contributed by atoms with Crippen LogP contribution in [0.5, 0.6) is 0 Å². The summed E-state index contributed by atoms with van der Waals surface area (Å²) in [6, 6.07) is 6.77. The quantitative estimate of drug-likeness (QED) is 0.896. The number of fused-ring (bicyclic) bond motifs is 1. The molecule has 1 aromatic carbocycles. The van der Waals surface area contributed by atoms with Crippen molar-refractivity contribution in [3.63, 3.8) is 0 Å². The normalized spacial score (nSPS) is 16.3. The van der Waals surface area contributed by atoms with Crippen molar-refractivity contribution in [3.05, 3.63) is 35.2 Å². The highest BCUT2D eigenvalue weighted by Gasteiger charge is 2.23. The van der Waals surface area contributed by atoms with Gasteiger partial charge in [-0.05, 0) is 38.3 Å². The highest BCUT2D eigenvalue weighted by atomic mass is 16.4. The standard InChI is InChI=1S/C14H18N4O/c1-9-5-6-12-11(8-9)4-3-7-18(12)14-17-16-13(19-14)10(2)15/h5-6,8,10H,3-4,7,15H2,1-2H3. The van der Waals surface area contributed by atoms with Crippen molar-refractivity contribution in [2.75, 3.05) is 11.4 Å². The predicted molar refractivity (Wildman–Crippen MR) is 73.4 cm³/mol. The number of nitrogens with two attached hydrogens (primary N) is 1. The van der Waals surface area contributed by atoms with Crippen LogP contribution < -0.4 is 10.6 Å². The molecule has 0 saturated carbocycles. The third kappa shape index (κ3) is 2.21. The molecular formula is C14H18N4O. The molecule has 19 heavy (non-hydrogen) atoms. The van der Waals surface area contributed by atoms with Crippen molar-refractivity contribution in [3.8, 4) is 0 Å². The molecule has 5 heteroatoms. The summed E-state index contributed by atoms with van der Waals surface area (Å²) in [4.78, 5) is 2.08. The Morgan fingerprint density at radius 2 is 2.21 bits per heavy atom. The van der Waals surface area contributed by atoms with E-state index in [4.69, 9.17) is 10.2 Å². The van der Waals surface area contributed by atoms with E-state index >= 15 is 0 Å². The van der Waals surface area contributed by atoms with Gasteiger partial charge in [-0.15, -0.1) is 5.10 Å². The van der Waals surface area contributed by atoms with Crippen LogP contribution in [0.2, 0.25) is 0 Å². The van der Waals surface area contributed by atoms with Gasteiger partial charge in [-0.2, -0.15) is 0 Å². The maximum absolute atomic E-state index is 5.76. The average Bonchev–Trinajstić information content (AvgIpc) is 2.87. The highest BCUT2D eigenvalue weighted by Crippen LogP contribution is 2.33. The number of hydrogen-bond acceptors (Lipinski definition) is 5. The van der Waals surface area contributed by atoms with E-state index in [1.165, 1.54) is 11.1 Å². The second kappa shape index (κ2) is 4.66. The Balaban J connectivity index is 1.98. The molecule has 2 heterocycles. The summed E-state index contributed by atoms with van der Waals surface area (Å²) >= 11 is 0. The SMILES string of the molecule is Cc1ccc2c(c1)CCCN2c1nnc(C(C)N)o1. The molecule has 0 radical (unpaired) electrons. The van der Waals surface area contributed by atoms with E-state index in [9.17, 15) is 0 Å². The molecule has 1 atom stereocenters. The lowest BCUT2D eigenvalue weighted by molar-refractivity contribution is 0.462. The summed E-state index contributed by atoms with van der Waals surface area (Å²) in [5.41, 5.74) is 9.54. The molecule has 0 fully saturated rings. The number of benzene rings is 1. The molecule has 100 valence electrons. The van der Waals surface area contributed by atoms with Crippen molar-refractivity contribution in [1.82, 2.24) is 10.2 Å². The van der Waals surface area contributed by atoms with Gasteiger partial charge in [0, 0.05) is 12.2 Å². The Morgan fingerprint density at radius 1 is 1.37 bits per heavy atom. The molecule has 3 rings (SSSR count). The van der Waals surface area contributed by atoms with Crippen LogP contribution in [0.25, 0.3) is 0 Å². The molecule has 2 aromatic rings. The Morgan fingerprint density at radius 3 is 2.95 bits per heavy atom. The van der Waals surface area contributed by atoms with Gasteiger partial charge in [-0.3, -0.25) is 4.90 Å². The van der Waals surface area contributed by atoms with Crippen LogP contribution in [0.4, 0.5) is 11.7 Å². The molecule has 1 aliphatic heterocycles. The molecule has 0 amide bonds. The zero-order chi connectivity index (χ0) is 13.4. The summed E-state index contributed by atoms with van der Waals surface area (Å²) in [6.45, 7) is 4.85. The number of aromatic nitrogens is 2. The fourth-order valence-corrected chi connectivity index (χ4v) is 2.44. The van der Waals surface area contributed by atoms with E-state index in [0.29, 0.717) is 11.9 Å². The fourth-order valence-electron chi connectivity index (χ4n) is 2.44. The first kappa shape index (κ1) is 12.2. The number of hydrogen-bond donors (Lipinski definition) is 1. The van der Waals surface area contributed by atoms with Gasteiger partial charge in [0.25, 0.3) is 0 Å². The van der Waals surface area contributed by atoms with Gasteiger partial charge in [0.15, 0.2) is 0 Å². The van der Waals surface area contributed by atoms with Crippen LogP contribution in [-0.2, 0) is 6.42 Å². The number of nitrogens with zero attached hydrogens (tertiary/aromatic N) is 3. The monoisotopic (exact) mass is 258 g/mol. The summed E-state index contributed by atoms with van der Waals surface area (Å²) in [5.74, 6) is 0.481. The van der Waals surface area contributed by atoms with Gasteiger partial charge >= 0.3 is 6.01 Å². The fraction of sp³-hybridized carbons (Fsp3) is 0.429. The van der Waals surface area contributed by atoms with Crippen molar-refractivity contribution in [2.24, 2.45) is 5.73 Å². The average molecular weight is 258 g/mol. The van der Waals surface area contributed by atoms with Crippen LogP contribution in [0.15, 0.2) is 22.6 Å². The molecule has 0 aliphatic carbocycles. The zero-order valence-electron chi connectivity index (χ0n) is 11.3. The smallest absolute Gasteiger partial charge is 0.322 e. The van der Waals surface area contributed by atoms with Crippen LogP contribution in [0.1, 0.15) is 36.4 Å². The molecule has 0 spiro atoms. The van der Waals surface area contributed by atoms with E-state index in [1.54, 1.807) is 0 Å². The number of anilines is 2. The Bertz CT molecular complexity index is 591. The topological polar surface area (TPSA) is 68.2 Å². The molecule has 0 saturated heterocycles. The van der Waals surface area contributed by atoms with Crippen molar-refractivity contribution in [1.29, 1.82) is 0 Å². The molecule has 2 N–H and O–H groups in total. The molecule has 1 aromatic heterocycles. The lowest BCUT2D eigenvalue weighted by Crippen LogP contribution is -2.24. The lowest BCUT2D eigenvalue weighted by atomic mass is 10.00. The maximum atomic E-state index is 5.76. The summed E-state index contributed by atoms with van der Waals surface area (Å²) in [6.07, 6.45) is 2.19. The van der Waals surface area contributed by atoms with E-state index in [-0.39, 0.29) is 6.04 Å².